The van der Waals surface area contributed by atoms with Crippen LogP contribution in [0.5, 0.6) is 0 Å². The Morgan fingerprint density at radius 1 is 1.12 bits per heavy atom. The Labute approximate surface area is 195 Å². The highest BCUT2D eigenvalue weighted by Gasteiger charge is 2.36. The average Bonchev–Trinajstić information content (AvgIpc) is 2.69. The summed E-state index contributed by atoms with van der Waals surface area (Å²) in [7, 11) is 0. The number of amides is 3. The molecule has 0 saturated carbocycles. The zero-order valence-electron chi connectivity index (χ0n) is 19.9. The highest BCUT2D eigenvalue weighted by molar-refractivity contribution is 7.98. The number of benzene rings is 1. The van der Waals surface area contributed by atoms with Crippen LogP contribution in [-0.4, -0.2) is 70.8 Å². The number of rotatable bonds is 11. The van der Waals surface area contributed by atoms with Gasteiger partial charge in [-0.05, 0) is 58.6 Å². The minimum absolute atomic E-state index is 0.0598. The number of aliphatic hydroxyl groups is 1. The van der Waals surface area contributed by atoms with Gasteiger partial charge in [0.1, 0.15) is 17.7 Å². The molecular weight excluding hydrogens is 430 g/mol. The Balaban J connectivity index is 3.30. The summed E-state index contributed by atoms with van der Waals surface area (Å²) < 4.78 is 5.33. The van der Waals surface area contributed by atoms with Crippen molar-refractivity contribution in [3.8, 4) is 0 Å². The summed E-state index contributed by atoms with van der Waals surface area (Å²) in [6, 6.07) is 6.95. The van der Waals surface area contributed by atoms with Crippen molar-refractivity contribution in [3.05, 3.63) is 35.9 Å². The summed E-state index contributed by atoms with van der Waals surface area (Å²) in [5, 5.41) is 15.2. The largest absolute Gasteiger partial charge is 0.444 e. The third-order valence-corrected chi connectivity index (χ3v) is 4.97. The van der Waals surface area contributed by atoms with E-state index in [2.05, 4.69) is 10.6 Å². The van der Waals surface area contributed by atoms with Gasteiger partial charge < -0.3 is 25.4 Å². The van der Waals surface area contributed by atoms with Crippen LogP contribution < -0.4 is 10.6 Å². The summed E-state index contributed by atoms with van der Waals surface area (Å²) in [5.74, 6) is -0.187. The van der Waals surface area contributed by atoms with Gasteiger partial charge in [-0.1, -0.05) is 30.3 Å². The predicted molar refractivity (Wildman–Crippen MR) is 127 cm³/mol. The topological polar surface area (TPSA) is 108 Å². The van der Waals surface area contributed by atoms with Crippen molar-refractivity contribution in [2.75, 3.05) is 25.2 Å². The van der Waals surface area contributed by atoms with Crippen molar-refractivity contribution in [2.24, 2.45) is 0 Å². The lowest BCUT2D eigenvalue weighted by molar-refractivity contribution is -0.143. The first kappa shape index (κ1) is 27.8. The Kier molecular flexibility index (Phi) is 11.6. The summed E-state index contributed by atoms with van der Waals surface area (Å²) in [5.41, 5.74) is -0.0977. The third kappa shape index (κ3) is 9.48. The van der Waals surface area contributed by atoms with E-state index in [4.69, 9.17) is 4.74 Å². The number of carbonyl (C=O) groups is 3. The van der Waals surface area contributed by atoms with Crippen LogP contribution >= 0.6 is 11.8 Å². The van der Waals surface area contributed by atoms with Gasteiger partial charge in [-0.15, -0.1) is 0 Å². The van der Waals surface area contributed by atoms with Crippen LogP contribution in [-0.2, 0) is 14.3 Å². The molecule has 0 spiro atoms. The number of nitrogens with zero attached hydrogens (tertiary/aromatic N) is 1. The van der Waals surface area contributed by atoms with Crippen LogP contribution in [0.3, 0.4) is 0 Å². The summed E-state index contributed by atoms with van der Waals surface area (Å²) in [6.45, 7) is 8.51. The van der Waals surface area contributed by atoms with Gasteiger partial charge in [-0.25, -0.2) is 4.79 Å². The van der Waals surface area contributed by atoms with E-state index >= 15 is 0 Å². The molecule has 9 heteroatoms. The number of alkyl carbamates (subject to hydrolysis) is 1. The molecule has 0 aliphatic rings. The van der Waals surface area contributed by atoms with Gasteiger partial charge in [0.25, 0.3) is 0 Å². The smallest absolute Gasteiger partial charge is 0.408 e. The molecule has 0 heterocycles. The molecule has 0 aliphatic heterocycles. The van der Waals surface area contributed by atoms with Crippen molar-refractivity contribution < 1.29 is 24.2 Å². The molecule has 0 saturated heterocycles. The SMILES string of the molecule is CSCCC(NC(=O)OC(C)(C)C)C(=O)N(CCO)C(C(=O)NC(C)C)c1ccccc1. The van der Waals surface area contributed by atoms with Crippen molar-refractivity contribution in [3.63, 3.8) is 0 Å². The molecule has 2 atom stereocenters. The van der Waals surface area contributed by atoms with Gasteiger partial charge in [-0.3, -0.25) is 9.59 Å². The fourth-order valence-electron chi connectivity index (χ4n) is 3.09. The van der Waals surface area contributed by atoms with E-state index in [0.29, 0.717) is 17.7 Å². The average molecular weight is 468 g/mol. The maximum Gasteiger partial charge on any atom is 0.408 e. The summed E-state index contributed by atoms with van der Waals surface area (Å²) in [6.07, 6.45) is 1.56. The normalized spacial score (nSPS) is 13.2. The molecule has 1 aromatic rings. The number of ether oxygens (including phenoxy) is 1. The van der Waals surface area contributed by atoms with Gasteiger partial charge in [-0.2, -0.15) is 11.8 Å². The molecule has 0 aromatic heterocycles. The Morgan fingerprint density at radius 2 is 1.75 bits per heavy atom. The lowest BCUT2D eigenvalue weighted by Gasteiger charge is -2.34. The van der Waals surface area contributed by atoms with Gasteiger partial charge in [0.15, 0.2) is 0 Å². The van der Waals surface area contributed by atoms with Crippen LogP contribution in [0.4, 0.5) is 4.79 Å². The molecule has 0 bridgehead atoms. The van der Waals surface area contributed by atoms with Crippen LogP contribution in [0.1, 0.15) is 52.6 Å². The molecule has 0 aliphatic carbocycles. The first-order valence-electron chi connectivity index (χ1n) is 10.7. The quantitative estimate of drug-likeness (QED) is 0.462. The molecule has 1 aromatic carbocycles. The predicted octanol–water partition coefficient (Wildman–Crippen LogP) is 2.72. The molecule has 180 valence electrons. The molecule has 0 fully saturated rings. The molecule has 3 amide bonds. The number of hydrogen-bond acceptors (Lipinski definition) is 6. The first-order chi connectivity index (χ1) is 15.0. The Morgan fingerprint density at radius 3 is 2.25 bits per heavy atom. The molecule has 3 N–H and O–H groups in total. The van der Waals surface area contributed by atoms with E-state index in [0.717, 1.165) is 0 Å². The van der Waals surface area contributed by atoms with E-state index < -0.39 is 29.7 Å². The standard InChI is InChI=1S/C23H37N3O5S/c1-16(2)24-20(28)19(17-10-8-7-9-11-17)26(13-14-27)21(29)18(12-15-32-6)25-22(30)31-23(3,4)5/h7-11,16,18-19,27H,12-15H2,1-6H3,(H,24,28)(H,25,30). The maximum atomic E-state index is 13.6. The van der Waals surface area contributed by atoms with Gasteiger partial charge in [0, 0.05) is 12.6 Å². The second-order valence-electron chi connectivity index (χ2n) is 8.71. The van der Waals surface area contributed by atoms with E-state index in [1.165, 1.54) is 4.90 Å². The molecule has 2 unspecified atom stereocenters. The highest BCUT2D eigenvalue weighted by atomic mass is 32.2. The monoisotopic (exact) mass is 467 g/mol. The second kappa shape index (κ2) is 13.3. The van der Waals surface area contributed by atoms with Crippen molar-refractivity contribution >= 4 is 29.7 Å². The van der Waals surface area contributed by atoms with Gasteiger partial charge >= 0.3 is 6.09 Å². The number of nitrogens with one attached hydrogen (secondary N) is 2. The van der Waals surface area contributed by atoms with Crippen LogP contribution in [0.2, 0.25) is 0 Å². The summed E-state index contributed by atoms with van der Waals surface area (Å²) >= 11 is 1.54. The number of hydrogen-bond donors (Lipinski definition) is 3. The molecule has 0 radical (unpaired) electrons. The van der Waals surface area contributed by atoms with E-state index in [-0.39, 0.29) is 25.1 Å². The van der Waals surface area contributed by atoms with Gasteiger partial charge in [0.2, 0.25) is 11.8 Å². The maximum absolute atomic E-state index is 13.6. The number of aliphatic hydroxyl groups excluding tert-OH is 1. The van der Waals surface area contributed by atoms with Crippen LogP contribution in [0.15, 0.2) is 30.3 Å². The Bertz CT molecular complexity index is 737. The minimum atomic E-state index is -0.949. The zero-order valence-corrected chi connectivity index (χ0v) is 20.7. The number of carbonyl (C=O) groups excluding carboxylic acids is 3. The zero-order chi connectivity index (χ0) is 24.3. The third-order valence-electron chi connectivity index (χ3n) is 4.33. The molecule has 8 nitrogen and oxygen atoms in total. The van der Waals surface area contributed by atoms with Crippen molar-refractivity contribution in [2.45, 2.75) is 64.8 Å². The van der Waals surface area contributed by atoms with Crippen molar-refractivity contribution in [1.82, 2.24) is 15.5 Å². The highest BCUT2D eigenvalue weighted by Crippen LogP contribution is 2.23. The summed E-state index contributed by atoms with van der Waals surface area (Å²) in [4.78, 5) is 40.4. The Hall–Kier alpha value is -2.26. The first-order valence-corrected chi connectivity index (χ1v) is 12.1. The van der Waals surface area contributed by atoms with E-state index in [1.807, 2.05) is 26.2 Å². The molecule has 32 heavy (non-hydrogen) atoms. The second-order valence-corrected chi connectivity index (χ2v) is 9.70. The van der Waals surface area contributed by atoms with E-state index in [9.17, 15) is 19.5 Å². The van der Waals surface area contributed by atoms with E-state index in [1.54, 1.807) is 56.8 Å². The lowest BCUT2D eigenvalue weighted by Crippen LogP contribution is -2.54. The lowest BCUT2D eigenvalue weighted by atomic mass is 10.0. The number of thioether (sulfide) groups is 1. The fourth-order valence-corrected chi connectivity index (χ4v) is 3.56. The molecular formula is C23H37N3O5S. The molecule has 1 rings (SSSR count). The van der Waals surface area contributed by atoms with Gasteiger partial charge in [0.05, 0.1) is 6.61 Å². The van der Waals surface area contributed by atoms with Crippen LogP contribution in [0.25, 0.3) is 0 Å². The fraction of sp³-hybridized carbons (Fsp3) is 0.609. The minimum Gasteiger partial charge on any atom is -0.444 e. The van der Waals surface area contributed by atoms with Crippen LogP contribution in [0, 0.1) is 0 Å². The van der Waals surface area contributed by atoms with Crippen molar-refractivity contribution in [1.29, 1.82) is 0 Å².